The predicted molar refractivity (Wildman–Crippen MR) is 277 cm³/mol. The Morgan fingerprint density at radius 1 is 0.543 bits per heavy atom. The molecule has 0 amide bonds. The molecular formula is C54H50Cl2N12O2. The lowest BCUT2D eigenvalue weighted by atomic mass is 9.97. The Hall–Kier alpha value is -7.68. The lowest BCUT2D eigenvalue weighted by Crippen LogP contribution is -2.21. The number of nitrogens with one attached hydrogen (secondary N) is 2. The fourth-order valence-corrected chi connectivity index (χ4v) is 9.96. The van der Waals surface area contributed by atoms with Crippen LogP contribution in [0, 0.1) is 0 Å². The quantitative estimate of drug-likeness (QED) is 0.163. The van der Waals surface area contributed by atoms with Crippen LogP contribution in [0.25, 0.3) is 11.4 Å². The molecular weight excluding hydrogens is 920 g/mol. The van der Waals surface area contributed by atoms with Crippen molar-refractivity contribution >= 4 is 58.1 Å². The van der Waals surface area contributed by atoms with Crippen molar-refractivity contribution in [1.82, 2.24) is 39.0 Å². The first-order chi connectivity index (χ1) is 34.3. The highest BCUT2D eigenvalue weighted by Gasteiger charge is 2.32. The van der Waals surface area contributed by atoms with Gasteiger partial charge in [0.15, 0.2) is 0 Å². The third-order valence-corrected chi connectivity index (χ3v) is 13.4. The van der Waals surface area contributed by atoms with Gasteiger partial charge in [-0.1, -0.05) is 96.0 Å². The maximum absolute atomic E-state index is 6.13. The first kappa shape index (κ1) is 44.8. The smallest absolute Gasteiger partial charge is 0.229 e. The van der Waals surface area contributed by atoms with Crippen molar-refractivity contribution in [1.29, 1.82) is 0 Å². The van der Waals surface area contributed by atoms with Crippen molar-refractivity contribution in [2.75, 3.05) is 60.8 Å². The first-order valence-electron chi connectivity index (χ1n) is 23.4. The lowest BCUT2D eigenvalue weighted by Gasteiger charge is -2.21. The Balaban J connectivity index is 0.000000152. The van der Waals surface area contributed by atoms with Gasteiger partial charge < -0.3 is 39.0 Å². The average Bonchev–Trinajstić information content (AvgIpc) is 4.21. The molecule has 8 aromatic rings. The van der Waals surface area contributed by atoms with E-state index in [4.69, 9.17) is 52.6 Å². The van der Waals surface area contributed by atoms with Crippen molar-refractivity contribution in [3.8, 4) is 22.9 Å². The number of imidazole rings is 2. The molecule has 14 nitrogen and oxygen atoms in total. The number of hydrogen-bond acceptors (Lipinski definition) is 12. The zero-order chi connectivity index (χ0) is 47.6. The summed E-state index contributed by atoms with van der Waals surface area (Å²) < 4.78 is 16.0. The molecule has 0 radical (unpaired) electrons. The van der Waals surface area contributed by atoms with E-state index in [1.54, 1.807) is 25.0 Å². The summed E-state index contributed by atoms with van der Waals surface area (Å²) in [5, 5.41) is 7.72. The standard InChI is InChI=1S/2C27H25ClN6O/c2*1-33-13-5-6-14-35-23-15-19(9-12-22(23)34-16-24(28)29-17-34)30-27-31-25-20(18-7-3-2-4-8-18)10-11-21(25)26(33)32-27/h2*2-9,12,15-17,20H,10-11,13-14H2,1H3,(H,30,31,32)/b6-5+;6-5-. The van der Waals surface area contributed by atoms with Crippen LogP contribution in [-0.2, 0) is 12.8 Å². The third kappa shape index (κ3) is 9.39. The highest BCUT2D eigenvalue weighted by molar-refractivity contribution is 6.29. The molecule has 2 unspecified atom stereocenters. The minimum Gasteiger partial charge on any atom is -0.487 e. The third-order valence-electron chi connectivity index (χ3n) is 13.0. The largest absolute Gasteiger partial charge is 0.487 e. The monoisotopic (exact) mass is 968 g/mol. The van der Waals surface area contributed by atoms with E-state index in [0.29, 0.717) is 46.9 Å². The van der Waals surface area contributed by atoms with E-state index in [1.165, 1.54) is 22.3 Å². The Bertz CT molecular complexity index is 3020. The molecule has 2 atom stereocenters. The first-order valence-corrected chi connectivity index (χ1v) is 24.2. The summed E-state index contributed by atoms with van der Waals surface area (Å²) in [6.45, 7) is 2.35. The van der Waals surface area contributed by atoms with Crippen LogP contribution in [0.3, 0.4) is 0 Å². The molecule has 2 aliphatic heterocycles. The average molecular weight is 970 g/mol. The number of aromatic nitrogens is 8. The summed E-state index contributed by atoms with van der Waals surface area (Å²) in [6, 6.07) is 33.1. The van der Waals surface area contributed by atoms with Crippen molar-refractivity contribution < 1.29 is 9.47 Å². The van der Waals surface area contributed by atoms with Crippen LogP contribution in [0.15, 0.2) is 146 Å². The van der Waals surface area contributed by atoms with Gasteiger partial charge in [0.25, 0.3) is 0 Å². The van der Waals surface area contributed by atoms with Gasteiger partial charge in [0.05, 0.1) is 22.8 Å². The molecule has 0 spiro atoms. The van der Waals surface area contributed by atoms with Gasteiger partial charge in [0, 0.05) is 86.0 Å². The molecule has 2 N–H and O–H groups in total. The highest BCUT2D eigenvalue weighted by atomic mass is 35.5. The van der Waals surface area contributed by atoms with Crippen molar-refractivity contribution in [3.05, 3.63) is 190 Å². The van der Waals surface area contributed by atoms with Crippen LogP contribution in [0.2, 0.25) is 10.3 Å². The van der Waals surface area contributed by atoms with Crippen molar-refractivity contribution in [3.63, 3.8) is 0 Å². The molecule has 0 fully saturated rings. The van der Waals surface area contributed by atoms with Gasteiger partial charge in [-0.25, -0.2) is 19.9 Å². The zero-order valence-electron chi connectivity index (χ0n) is 38.7. The predicted octanol–water partition coefficient (Wildman–Crippen LogP) is 11.0. The number of hydrogen-bond donors (Lipinski definition) is 2. The number of anilines is 6. The molecule has 4 aliphatic rings. The van der Waals surface area contributed by atoms with Crippen molar-refractivity contribution in [2.45, 2.75) is 37.5 Å². The Morgan fingerprint density at radius 3 is 1.40 bits per heavy atom. The minimum absolute atomic E-state index is 0.264. The van der Waals surface area contributed by atoms with E-state index in [-0.39, 0.29) is 11.8 Å². The topological polar surface area (TPSA) is 136 Å². The van der Waals surface area contributed by atoms with Crippen LogP contribution in [0.1, 0.15) is 58.3 Å². The van der Waals surface area contributed by atoms with Crippen molar-refractivity contribution in [2.24, 2.45) is 0 Å². The number of rotatable bonds is 4. The number of nitrogens with zero attached hydrogens (tertiary/aromatic N) is 10. The van der Waals surface area contributed by atoms with E-state index in [9.17, 15) is 0 Å². The van der Waals surface area contributed by atoms with Gasteiger partial charge in [-0.15, -0.1) is 0 Å². The molecule has 4 aromatic carbocycles. The maximum Gasteiger partial charge on any atom is 0.229 e. The van der Waals surface area contributed by atoms with Gasteiger partial charge in [0.2, 0.25) is 11.9 Å². The van der Waals surface area contributed by atoms with E-state index in [0.717, 1.165) is 84.5 Å². The van der Waals surface area contributed by atoms with Crippen LogP contribution in [-0.4, -0.2) is 79.4 Å². The molecule has 70 heavy (non-hydrogen) atoms. The van der Waals surface area contributed by atoms with Gasteiger partial charge in [-0.3, -0.25) is 0 Å². The van der Waals surface area contributed by atoms with Gasteiger partial charge in [-0.2, -0.15) is 9.97 Å². The van der Waals surface area contributed by atoms with Crippen LogP contribution in [0.5, 0.6) is 11.5 Å². The molecule has 6 heterocycles. The fourth-order valence-electron chi connectivity index (χ4n) is 9.66. The highest BCUT2D eigenvalue weighted by Crippen LogP contribution is 2.43. The molecule has 352 valence electrons. The second kappa shape index (κ2) is 19.7. The Labute approximate surface area is 416 Å². The van der Waals surface area contributed by atoms with E-state index < -0.39 is 0 Å². The molecule has 0 saturated carbocycles. The number of ether oxygens (including phenoxy) is 2. The number of benzene rings is 4. The molecule has 16 heteroatoms. The Kier molecular flexibility index (Phi) is 12.6. The second-order valence-corrected chi connectivity index (χ2v) is 18.4. The van der Waals surface area contributed by atoms with Crippen LogP contribution < -0.4 is 29.9 Å². The molecule has 0 saturated heterocycles. The van der Waals surface area contributed by atoms with E-state index >= 15 is 0 Å². The number of likely N-dealkylation sites (N-methyl/N-ethyl adjacent to an activating group) is 2. The number of halogens is 2. The van der Waals surface area contributed by atoms with E-state index in [2.05, 4.69) is 117 Å². The summed E-state index contributed by atoms with van der Waals surface area (Å²) in [5.41, 5.74) is 10.7. The van der Waals surface area contributed by atoms with E-state index in [1.807, 2.05) is 57.7 Å². The maximum atomic E-state index is 6.13. The Morgan fingerprint density at radius 2 is 0.986 bits per heavy atom. The summed E-state index contributed by atoms with van der Waals surface area (Å²) in [6.07, 6.45) is 19.2. The van der Waals surface area contributed by atoms with Gasteiger partial charge in [0.1, 0.15) is 59.3 Å². The summed E-state index contributed by atoms with van der Waals surface area (Å²) in [4.78, 5) is 32.6. The van der Waals surface area contributed by atoms with Crippen LogP contribution >= 0.6 is 23.2 Å². The summed E-state index contributed by atoms with van der Waals surface area (Å²) in [5.74, 6) is 5.08. The number of fused-ring (bicyclic) bond motifs is 12. The molecule has 4 aromatic heterocycles. The summed E-state index contributed by atoms with van der Waals surface area (Å²) in [7, 11) is 4.15. The fraction of sp³-hybridized carbons (Fsp3) is 0.222. The van der Waals surface area contributed by atoms with Crippen LogP contribution in [0.4, 0.5) is 34.9 Å². The van der Waals surface area contributed by atoms with Gasteiger partial charge >= 0.3 is 0 Å². The SMILES string of the molecule is CN1C/C=C/COc2cc(ccc2-n2cnc(Cl)c2)Nc2nc3c(c1n2)CCC3c1ccccc1.CN1C/C=C\COc2cc(ccc2-n2cnc(Cl)c2)Nc2nc3c(c1n2)CCC3c1ccccc1. The van der Waals surface area contributed by atoms with Gasteiger partial charge in [-0.05, 0) is 73.2 Å². The second-order valence-electron chi connectivity index (χ2n) is 17.6. The normalized spacial score (nSPS) is 17.9. The molecule has 12 rings (SSSR count). The molecule has 2 aliphatic carbocycles. The minimum atomic E-state index is 0.264. The zero-order valence-corrected chi connectivity index (χ0v) is 40.2. The summed E-state index contributed by atoms with van der Waals surface area (Å²) >= 11 is 12.1. The lowest BCUT2D eigenvalue weighted by molar-refractivity contribution is 0.361. The molecule has 8 bridgehead atoms.